The first-order valence-electron chi connectivity index (χ1n) is 6.89. The molecule has 1 aliphatic carbocycles. The third-order valence-corrected chi connectivity index (χ3v) is 4.82. The molecule has 1 amide bonds. The molecule has 1 aromatic rings. The summed E-state index contributed by atoms with van der Waals surface area (Å²) in [4.78, 5) is 12.3. The second kappa shape index (κ2) is 8.01. The van der Waals surface area contributed by atoms with Gasteiger partial charge in [0.2, 0.25) is 0 Å². The van der Waals surface area contributed by atoms with Crippen molar-refractivity contribution >= 4 is 34.2 Å². The first-order valence-corrected chi connectivity index (χ1v) is 7.68. The maximum Gasteiger partial charge on any atom is 0.251 e. The lowest BCUT2D eigenvalue weighted by Gasteiger charge is -2.31. The third kappa shape index (κ3) is 4.21. The molecule has 1 aromatic carbocycles. The molecule has 20 heavy (non-hydrogen) atoms. The molecule has 0 heterocycles. The SMILES string of the molecule is Cc1ccc(C(=O)NC2CCCCC2CN)cc1Br.Cl. The average molecular weight is 362 g/mol. The number of benzene rings is 1. The molecule has 3 N–H and O–H groups in total. The highest BCUT2D eigenvalue weighted by Crippen LogP contribution is 2.24. The van der Waals surface area contributed by atoms with Gasteiger partial charge in [-0.3, -0.25) is 4.79 Å². The molecule has 112 valence electrons. The van der Waals surface area contributed by atoms with E-state index >= 15 is 0 Å². The largest absolute Gasteiger partial charge is 0.349 e. The van der Waals surface area contributed by atoms with Crippen LogP contribution in [0.1, 0.15) is 41.6 Å². The molecule has 2 unspecified atom stereocenters. The van der Waals surface area contributed by atoms with Crippen molar-refractivity contribution in [2.75, 3.05) is 6.54 Å². The summed E-state index contributed by atoms with van der Waals surface area (Å²) in [5, 5.41) is 3.14. The van der Waals surface area contributed by atoms with Crippen LogP contribution in [-0.2, 0) is 0 Å². The second-order valence-electron chi connectivity index (χ2n) is 5.32. The second-order valence-corrected chi connectivity index (χ2v) is 6.18. The maximum absolute atomic E-state index is 12.3. The fourth-order valence-corrected chi connectivity index (χ4v) is 3.04. The minimum Gasteiger partial charge on any atom is -0.349 e. The Kier molecular flexibility index (Phi) is 7.00. The highest BCUT2D eigenvalue weighted by atomic mass is 79.9. The van der Waals surface area contributed by atoms with Gasteiger partial charge in [-0.2, -0.15) is 0 Å². The maximum atomic E-state index is 12.3. The summed E-state index contributed by atoms with van der Waals surface area (Å²) in [6, 6.07) is 5.94. The molecule has 1 aliphatic rings. The molecular formula is C15H22BrClN2O. The van der Waals surface area contributed by atoms with Gasteiger partial charge in [0.15, 0.2) is 0 Å². The number of rotatable bonds is 3. The average Bonchev–Trinajstić information content (AvgIpc) is 2.42. The van der Waals surface area contributed by atoms with E-state index in [0.29, 0.717) is 18.0 Å². The summed E-state index contributed by atoms with van der Waals surface area (Å²) >= 11 is 3.47. The molecule has 0 aromatic heterocycles. The molecule has 1 fully saturated rings. The fraction of sp³-hybridized carbons (Fsp3) is 0.533. The fourth-order valence-electron chi connectivity index (χ4n) is 2.67. The van der Waals surface area contributed by atoms with Crippen molar-refractivity contribution in [1.29, 1.82) is 0 Å². The number of carbonyl (C=O) groups is 1. The number of nitrogens with one attached hydrogen (secondary N) is 1. The first-order chi connectivity index (χ1) is 9.11. The van der Waals surface area contributed by atoms with Crippen LogP contribution in [0.2, 0.25) is 0 Å². The van der Waals surface area contributed by atoms with Crippen molar-refractivity contribution in [3.8, 4) is 0 Å². The molecule has 2 atom stereocenters. The molecule has 2 rings (SSSR count). The van der Waals surface area contributed by atoms with E-state index in [4.69, 9.17) is 5.73 Å². The molecule has 0 spiro atoms. The molecule has 0 bridgehead atoms. The number of halogens is 2. The van der Waals surface area contributed by atoms with Crippen molar-refractivity contribution in [2.45, 2.75) is 38.6 Å². The van der Waals surface area contributed by atoms with Crippen molar-refractivity contribution < 1.29 is 4.79 Å². The Bertz CT molecular complexity index is 467. The molecule has 0 radical (unpaired) electrons. The monoisotopic (exact) mass is 360 g/mol. The van der Waals surface area contributed by atoms with Crippen LogP contribution in [0.3, 0.4) is 0 Å². The predicted octanol–water partition coefficient (Wildman–Crippen LogP) is 3.43. The van der Waals surface area contributed by atoms with E-state index in [1.165, 1.54) is 12.8 Å². The normalized spacial score (nSPS) is 21.9. The van der Waals surface area contributed by atoms with Crippen LogP contribution >= 0.6 is 28.3 Å². The third-order valence-electron chi connectivity index (χ3n) is 3.96. The molecule has 3 nitrogen and oxygen atoms in total. The summed E-state index contributed by atoms with van der Waals surface area (Å²) in [6.07, 6.45) is 4.57. The molecule has 0 saturated heterocycles. The summed E-state index contributed by atoms with van der Waals surface area (Å²) in [7, 11) is 0. The summed E-state index contributed by atoms with van der Waals surface area (Å²) in [6.45, 7) is 2.67. The van der Waals surface area contributed by atoms with Crippen molar-refractivity contribution in [3.05, 3.63) is 33.8 Å². The van der Waals surface area contributed by atoms with Gasteiger partial charge in [-0.05, 0) is 49.9 Å². The standard InChI is InChI=1S/C15H21BrN2O.ClH/c1-10-6-7-11(8-13(10)16)15(19)18-14-5-3-2-4-12(14)9-17;/h6-8,12,14H,2-5,9,17H2,1H3,(H,18,19);1H. The van der Waals surface area contributed by atoms with Crippen molar-refractivity contribution in [1.82, 2.24) is 5.32 Å². The van der Waals surface area contributed by atoms with E-state index < -0.39 is 0 Å². The molecule has 1 saturated carbocycles. The van der Waals surface area contributed by atoms with Crippen LogP contribution in [0.5, 0.6) is 0 Å². The first kappa shape index (κ1) is 17.5. The highest BCUT2D eigenvalue weighted by Gasteiger charge is 2.25. The van der Waals surface area contributed by atoms with E-state index in [1.54, 1.807) is 0 Å². The van der Waals surface area contributed by atoms with Gasteiger partial charge in [0.25, 0.3) is 5.91 Å². The molecule has 0 aliphatic heterocycles. The summed E-state index contributed by atoms with van der Waals surface area (Å²) in [5.41, 5.74) is 7.63. The number of carbonyl (C=O) groups excluding carboxylic acids is 1. The quantitative estimate of drug-likeness (QED) is 0.866. The number of hydrogen-bond acceptors (Lipinski definition) is 2. The topological polar surface area (TPSA) is 55.1 Å². The van der Waals surface area contributed by atoms with E-state index in [-0.39, 0.29) is 24.4 Å². The molecule has 5 heteroatoms. The van der Waals surface area contributed by atoms with Crippen molar-refractivity contribution in [3.63, 3.8) is 0 Å². The Morgan fingerprint density at radius 1 is 1.40 bits per heavy atom. The Morgan fingerprint density at radius 3 is 2.75 bits per heavy atom. The van der Waals surface area contributed by atoms with Crippen LogP contribution in [0, 0.1) is 12.8 Å². The zero-order valence-electron chi connectivity index (χ0n) is 11.7. The number of nitrogens with two attached hydrogens (primary N) is 1. The van der Waals surface area contributed by atoms with E-state index in [2.05, 4.69) is 21.2 Å². The minimum absolute atomic E-state index is 0. The van der Waals surface area contributed by atoms with Gasteiger partial charge in [0, 0.05) is 16.1 Å². The van der Waals surface area contributed by atoms with Gasteiger partial charge in [-0.1, -0.05) is 34.8 Å². The van der Waals surface area contributed by atoms with E-state index in [0.717, 1.165) is 22.9 Å². The van der Waals surface area contributed by atoms with Gasteiger partial charge in [-0.15, -0.1) is 12.4 Å². The number of aryl methyl sites for hydroxylation is 1. The summed E-state index contributed by atoms with van der Waals surface area (Å²) in [5.74, 6) is 0.428. The van der Waals surface area contributed by atoms with Crippen LogP contribution in [-0.4, -0.2) is 18.5 Å². The zero-order chi connectivity index (χ0) is 13.8. The van der Waals surface area contributed by atoms with Crippen LogP contribution in [0.25, 0.3) is 0 Å². The van der Waals surface area contributed by atoms with Crippen molar-refractivity contribution in [2.24, 2.45) is 11.7 Å². The van der Waals surface area contributed by atoms with Gasteiger partial charge in [0.1, 0.15) is 0 Å². The smallest absolute Gasteiger partial charge is 0.251 e. The van der Waals surface area contributed by atoms with Crippen LogP contribution < -0.4 is 11.1 Å². The Labute approximate surface area is 135 Å². The van der Waals surface area contributed by atoms with Gasteiger partial charge >= 0.3 is 0 Å². The lowest BCUT2D eigenvalue weighted by molar-refractivity contribution is 0.0908. The lowest BCUT2D eigenvalue weighted by Crippen LogP contribution is -2.44. The Balaban J connectivity index is 0.00000200. The molecular weight excluding hydrogens is 340 g/mol. The van der Waals surface area contributed by atoms with Gasteiger partial charge in [0.05, 0.1) is 0 Å². The lowest BCUT2D eigenvalue weighted by atomic mass is 9.84. The minimum atomic E-state index is 0. The van der Waals surface area contributed by atoms with Gasteiger partial charge in [-0.25, -0.2) is 0 Å². The number of amides is 1. The number of hydrogen-bond donors (Lipinski definition) is 2. The predicted molar refractivity (Wildman–Crippen MR) is 88.4 cm³/mol. The highest BCUT2D eigenvalue weighted by molar-refractivity contribution is 9.10. The van der Waals surface area contributed by atoms with Crippen LogP contribution in [0.4, 0.5) is 0 Å². The Morgan fingerprint density at radius 2 is 2.10 bits per heavy atom. The van der Waals surface area contributed by atoms with Gasteiger partial charge < -0.3 is 11.1 Å². The Hall–Kier alpha value is -0.580. The van der Waals surface area contributed by atoms with E-state index in [1.807, 2.05) is 25.1 Å². The van der Waals surface area contributed by atoms with E-state index in [9.17, 15) is 4.79 Å². The zero-order valence-corrected chi connectivity index (χ0v) is 14.1. The van der Waals surface area contributed by atoms with Crippen LogP contribution in [0.15, 0.2) is 22.7 Å². The summed E-state index contributed by atoms with van der Waals surface area (Å²) < 4.78 is 0.971.